The number of nitrogens with one attached hydrogen (secondary N) is 2. The molecular formula is C16H23N3O4. The minimum atomic E-state index is -0.729. The molecule has 2 unspecified atom stereocenters. The molecule has 0 aliphatic rings. The van der Waals surface area contributed by atoms with Crippen molar-refractivity contribution in [1.82, 2.24) is 5.32 Å². The predicted octanol–water partition coefficient (Wildman–Crippen LogP) is 0.901. The molecule has 1 aromatic carbocycles. The monoisotopic (exact) mass is 321 g/mol. The summed E-state index contributed by atoms with van der Waals surface area (Å²) >= 11 is 0. The third-order valence-corrected chi connectivity index (χ3v) is 3.20. The second-order valence-electron chi connectivity index (χ2n) is 5.15. The standard InChI is InChI=1S/C16H23N3O4/c1-4-23-16(22)11(3)18-15(21)12-5-7-13(8-6-12)19-14(20)10(2)9-17/h5-8,10-11H,4,9,17H2,1-3H3,(H,18,21)(H,19,20). The maximum absolute atomic E-state index is 12.0. The summed E-state index contributed by atoms with van der Waals surface area (Å²) < 4.78 is 4.82. The summed E-state index contributed by atoms with van der Waals surface area (Å²) in [4.78, 5) is 35.2. The van der Waals surface area contributed by atoms with Crippen molar-refractivity contribution < 1.29 is 19.1 Å². The Morgan fingerprint density at radius 3 is 2.30 bits per heavy atom. The average molecular weight is 321 g/mol. The minimum absolute atomic E-state index is 0.180. The Kier molecular flexibility index (Phi) is 7.21. The van der Waals surface area contributed by atoms with Crippen LogP contribution >= 0.6 is 0 Å². The largest absolute Gasteiger partial charge is 0.464 e. The molecule has 2 amide bonds. The molecule has 0 fully saturated rings. The molecule has 0 saturated heterocycles. The van der Waals surface area contributed by atoms with Crippen molar-refractivity contribution in [1.29, 1.82) is 0 Å². The molecule has 1 rings (SSSR count). The maximum Gasteiger partial charge on any atom is 0.328 e. The Bertz CT molecular complexity index is 557. The van der Waals surface area contributed by atoms with Gasteiger partial charge in [0.05, 0.1) is 6.61 Å². The number of esters is 1. The smallest absolute Gasteiger partial charge is 0.328 e. The fourth-order valence-corrected chi connectivity index (χ4v) is 1.68. The van der Waals surface area contributed by atoms with Gasteiger partial charge in [-0.1, -0.05) is 6.92 Å². The van der Waals surface area contributed by atoms with E-state index in [2.05, 4.69) is 10.6 Å². The molecule has 23 heavy (non-hydrogen) atoms. The summed E-state index contributed by atoms with van der Waals surface area (Å²) in [6.07, 6.45) is 0. The number of anilines is 1. The number of rotatable bonds is 7. The molecule has 7 nitrogen and oxygen atoms in total. The van der Waals surface area contributed by atoms with Gasteiger partial charge in [-0.2, -0.15) is 0 Å². The van der Waals surface area contributed by atoms with E-state index in [0.717, 1.165) is 0 Å². The van der Waals surface area contributed by atoms with Gasteiger partial charge in [-0.15, -0.1) is 0 Å². The van der Waals surface area contributed by atoms with Gasteiger partial charge in [0.25, 0.3) is 5.91 Å². The maximum atomic E-state index is 12.0. The molecule has 0 heterocycles. The van der Waals surface area contributed by atoms with E-state index in [1.165, 1.54) is 0 Å². The van der Waals surface area contributed by atoms with Crippen LogP contribution in [0.3, 0.4) is 0 Å². The second-order valence-corrected chi connectivity index (χ2v) is 5.15. The van der Waals surface area contributed by atoms with Crippen LogP contribution in [0.15, 0.2) is 24.3 Å². The zero-order chi connectivity index (χ0) is 17.4. The average Bonchev–Trinajstić information content (AvgIpc) is 2.54. The van der Waals surface area contributed by atoms with Crippen molar-refractivity contribution in [2.45, 2.75) is 26.8 Å². The summed E-state index contributed by atoms with van der Waals surface area (Å²) in [6, 6.07) is 5.63. The van der Waals surface area contributed by atoms with Gasteiger partial charge < -0.3 is 21.1 Å². The first-order valence-electron chi connectivity index (χ1n) is 7.47. The third-order valence-electron chi connectivity index (χ3n) is 3.20. The molecule has 4 N–H and O–H groups in total. The highest BCUT2D eigenvalue weighted by Crippen LogP contribution is 2.11. The number of benzene rings is 1. The molecule has 0 bridgehead atoms. The van der Waals surface area contributed by atoms with Gasteiger partial charge in [-0.05, 0) is 38.1 Å². The van der Waals surface area contributed by atoms with E-state index >= 15 is 0 Å². The predicted molar refractivity (Wildman–Crippen MR) is 86.9 cm³/mol. The molecule has 0 aliphatic carbocycles. The van der Waals surface area contributed by atoms with Crippen molar-refractivity contribution in [3.63, 3.8) is 0 Å². The minimum Gasteiger partial charge on any atom is -0.464 e. The van der Waals surface area contributed by atoms with E-state index in [-0.39, 0.29) is 25.0 Å². The summed E-state index contributed by atoms with van der Waals surface area (Å²) in [5.74, 6) is -1.34. The summed E-state index contributed by atoms with van der Waals surface area (Å²) in [6.45, 7) is 5.50. The lowest BCUT2D eigenvalue weighted by Gasteiger charge is -2.13. The van der Waals surface area contributed by atoms with Crippen LogP contribution in [0.1, 0.15) is 31.1 Å². The first-order chi connectivity index (χ1) is 10.9. The molecule has 0 spiro atoms. The van der Waals surface area contributed by atoms with E-state index < -0.39 is 17.9 Å². The van der Waals surface area contributed by atoms with E-state index in [9.17, 15) is 14.4 Å². The van der Waals surface area contributed by atoms with Crippen molar-refractivity contribution >= 4 is 23.5 Å². The molecule has 0 radical (unpaired) electrons. The Morgan fingerprint density at radius 1 is 1.17 bits per heavy atom. The Hall–Kier alpha value is -2.41. The zero-order valence-electron chi connectivity index (χ0n) is 13.6. The van der Waals surface area contributed by atoms with E-state index in [1.54, 1.807) is 45.0 Å². The molecule has 0 aromatic heterocycles. The van der Waals surface area contributed by atoms with E-state index in [0.29, 0.717) is 11.3 Å². The summed E-state index contributed by atoms with van der Waals surface area (Å²) in [5.41, 5.74) is 6.39. The number of hydrogen-bond acceptors (Lipinski definition) is 5. The van der Waals surface area contributed by atoms with E-state index in [4.69, 9.17) is 10.5 Å². The van der Waals surface area contributed by atoms with Crippen molar-refractivity contribution in [3.8, 4) is 0 Å². The van der Waals surface area contributed by atoms with Crippen LogP contribution < -0.4 is 16.4 Å². The van der Waals surface area contributed by atoms with E-state index in [1.807, 2.05) is 0 Å². The second kappa shape index (κ2) is 8.89. The van der Waals surface area contributed by atoms with Crippen LogP contribution in [0.5, 0.6) is 0 Å². The first-order valence-corrected chi connectivity index (χ1v) is 7.47. The quantitative estimate of drug-likeness (QED) is 0.646. The van der Waals surface area contributed by atoms with Crippen molar-refractivity contribution in [3.05, 3.63) is 29.8 Å². The molecule has 0 aliphatic heterocycles. The number of nitrogens with two attached hydrogens (primary N) is 1. The highest BCUT2D eigenvalue weighted by molar-refractivity contribution is 5.98. The molecule has 2 atom stereocenters. The fourth-order valence-electron chi connectivity index (χ4n) is 1.68. The van der Waals surface area contributed by atoms with Gasteiger partial charge in [-0.25, -0.2) is 4.79 Å². The SMILES string of the molecule is CCOC(=O)C(C)NC(=O)c1ccc(NC(=O)C(C)CN)cc1. The Morgan fingerprint density at radius 2 is 1.78 bits per heavy atom. The van der Waals surface area contributed by atoms with Crippen LogP contribution in [0.4, 0.5) is 5.69 Å². The lowest BCUT2D eigenvalue weighted by atomic mass is 10.1. The lowest BCUT2D eigenvalue weighted by Crippen LogP contribution is -2.39. The highest BCUT2D eigenvalue weighted by atomic mass is 16.5. The van der Waals surface area contributed by atoms with Gasteiger partial charge in [0.2, 0.25) is 5.91 Å². The zero-order valence-corrected chi connectivity index (χ0v) is 13.6. The fraction of sp³-hybridized carbons (Fsp3) is 0.438. The van der Waals surface area contributed by atoms with Gasteiger partial charge in [0, 0.05) is 23.7 Å². The number of hydrogen-bond donors (Lipinski definition) is 3. The summed E-state index contributed by atoms with van der Waals surface area (Å²) in [5, 5.41) is 5.26. The van der Waals surface area contributed by atoms with Crippen molar-refractivity contribution in [2.75, 3.05) is 18.5 Å². The number of carbonyl (C=O) groups is 3. The molecule has 7 heteroatoms. The molecule has 1 aromatic rings. The van der Waals surface area contributed by atoms with Crippen LogP contribution in [0.2, 0.25) is 0 Å². The van der Waals surface area contributed by atoms with Crippen molar-refractivity contribution in [2.24, 2.45) is 11.7 Å². The van der Waals surface area contributed by atoms with Gasteiger partial charge >= 0.3 is 5.97 Å². The van der Waals surface area contributed by atoms with Crippen LogP contribution in [-0.4, -0.2) is 37.0 Å². The van der Waals surface area contributed by atoms with Crippen LogP contribution in [0.25, 0.3) is 0 Å². The number of carbonyl (C=O) groups excluding carboxylic acids is 3. The lowest BCUT2D eigenvalue weighted by molar-refractivity contribution is -0.144. The van der Waals surface area contributed by atoms with Gasteiger partial charge in [0.1, 0.15) is 6.04 Å². The number of amides is 2. The van der Waals surface area contributed by atoms with Gasteiger partial charge in [0.15, 0.2) is 0 Å². The van der Waals surface area contributed by atoms with Crippen LogP contribution in [0, 0.1) is 5.92 Å². The Labute approximate surface area is 135 Å². The molecular weight excluding hydrogens is 298 g/mol. The van der Waals surface area contributed by atoms with Crippen LogP contribution in [-0.2, 0) is 14.3 Å². The first kappa shape index (κ1) is 18.6. The third kappa shape index (κ3) is 5.71. The molecule has 0 saturated carbocycles. The topological polar surface area (TPSA) is 111 Å². The Balaban J connectivity index is 2.64. The number of ether oxygens (including phenoxy) is 1. The van der Waals surface area contributed by atoms with Gasteiger partial charge in [-0.3, -0.25) is 9.59 Å². The molecule has 126 valence electrons. The highest BCUT2D eigenvalue weighted by Gasteiger charge is 2.17. The summed E-state index contributed by atoms with van der Waals surface area (Å²) in [7, 11) is 0. The normalized spacial score (nSPS) is 12.9.